The molecule has 31 heavy (non-hydrogen) atoms. The van der Waals surface area contributed by atoms with E-state index in [1.807, 2.05) is 37.3 Å². The van der Waals surface area contributed by atoms with Crippen LogP contribution in [0.4, 0.5) is 0 Å². The number of aromatic amines is 1. The van der Waals surface area contributed by atoms with Gasteiger partial charge in [-0.05, 0) is 25.0 Å². The number of hydrogen-bond donors (Lipinski definition) is 4. The molecule has 3 aromatic rings. The van der Waals surface area contributed by atoms with Gasteiger partial charge in [0.25, 0.3) is 5.91 Å². The number of rotatable bonds is 6. The standard InChI is InChI=1S/C22H24ClN3O4S/c1-12-19-18(31-20(12)23)8-15(25-19)21(29)24-9-14(7-13-5-3-2-4-6-13)22(30)26-10-16(27)17(28)11-26/h2-6,8,14,16-17,25,27-28H,7,9-11H2,1H3,(H,24,29)/t14-,16-,17+/m1/s1. The lowest BCUT2D eigenvalue weighted by molar-refractivity contribution is -0.134. The van der Waals surface area contributed by atoms with Gasteiger partial charge in [-0.1, -0.05) is 41.9 Å². The summed E-state index contributed by atoms with van der Waals surface area (Å²) >= 11 is 7.55. The molecule has 7 nitrogen and oxygen atoms in total. The summed E-state index contributed by atoms with van der Waals surface area (Å²) in [5.74, 6) is -1.02. The number of nitrogens with zero attached hydrogens (tertiary/aromatic N) is 1. The maximum Gasteiger partial charge on any atom is 0.267 e. The first-order valence-corrected chi connectivity index (χ1v) is 11.3. The Morgan fingerprint density at radius 2 is 1.94 bits per heavy atom. The second-order valence-corrected chi connectivity index (χ2v) is 9.55. The first kappa shape index (κ1) is 21.8. The van der Waals surface area contributed by atoms with Crippen molar-refractivity contribution in [3.63, 3.8) is 0 Å². The zero-order valence-corrected chi connectivity index (χ0v) is 18.5. The average Bonchev–Trinajstić information content (AvgIpc) is 3.40. The van der Waals surface area contributed by atoms with E-state index in [4.69, 9.17) is 11.6 Å². The summed E-state index contributed by atoms with van der Waals surface area (Å²) in [6, 6.07) is 11.3. The van der Waals surface area contributed by atoms with Crippen LogP contribution < -0.4 is 5.32 Å². The molecule has 164 valence electrons. The van der Waals surface area contributed by atoms with Crippen molar-refractivity contribution in [1.82, 2.24) is 15.2 Å². The van der Waals surface area contributed by atoms with Crippen LogP contribution in [0.1, 0.15) is 21.6 Å². The van der Waals surface area contributed by atoms with Gasteiger partial charge in [-0.15, -0.1) is 11.3 Å². The van der Waals surface area contributed by atoms with Crippen molar-refractivity contribution in [2.24, 2.45) is 5.92 Å². The number of aliphatic hydroxyl groups is 2. The summed E-state index contributed by atoms with van der Waals surface area (Å²) in [5, 5.41) is 22.5. The van der Waals surface area contributed by atoms with Crippen LogP contribution in [-0.2, 0) is 11.2 Å². The Morgan fingerprint density at radius 1 is 1.26 bits per heavy atom. The molecular formula is C22H24ClN3O4S. The van der Waals surface area contributed by atoms with Gasteiger partial charge in [-0.3, -0.25) is 9.59 Å². The van der Waals surface area contributed by atoms with Crippen LogP contribution in [0, 0.1) is 12.8 Å². The van der Waals surface area contributed by atoms with E-state index in [0.717, 1.165) is 21.3 Å². The van der Waals surface area contributed by atoms with Gasteiger partial charge in [-0.2, -0.15) is 0 Å². The summed E-state index contributed by atoms with van der Waals surface area (Å²) in [7, 11) is 0. The summed E-state index contributed by atoms with van der Waals surface area (Å²) in [4.78, 5) is 30.4. The quantitative estimate of drug-likeness (QED) is 0.452. The Morgan fingerprint density at radius 3 is 2.58 bits per heavy atom. The van der Waals surface area contributed by atoms with Crippen molar-refractivity contribution in [2.45, 2.75) is 25.6 Å². The number of β-amino-alcohol motifs (C(OH)–C–C–N with tert-alkyl or cyclic N) is 2. The maximum atomic E-state index is 13.1. The number of carbonyl (C=O) groups excluding carboxylic acids is 2. The van der Waals surface area contributed by atoms with Crippen LogP contribution in [-0.4, -0.2) is 63.8 Å². The van der Waals surface area contributed by atoms with E-state index in [1.54, 1.807) is 6.07 Å². The molecular weight excluding hydrogens is 438 g/mol. The fourth-order valence-corrected chi connectivity index (χ4v) is 5.13. The topological polar surface area (TPSA) is 106 Å². The first-order valence-electron chi connectivity index (χ1n) is 10.1. The highest BCUT2D eigenvalue weighted by molar-refractivity contribution is 7.22. The van der Waals surface area contributed by atoms with Gasteiger partial charge in [-0.25, -0.2) is 0 Å². The van der Waals surface area contributed by atoms with Gasteiger partial charge in [0.05, 0.1) is 32.7 Å². The zero-order chi connectivity index (χ0) is 22.1. The molecule has 2 amide bonds. The fourth-order valence-electron chi connectivity index (χ4n) is 3.85. The number of thiophene rings is 1. The Balaban J connectivity index is 1.48. The van der Waals surface area contributed by atoms with Crippen molar-refractivity contribution < 1.29 is 19.8 Å². The SMILES string of the molecule is Cc1c(Cl)sc2cc(C(=O)NC[C@@H](Cc3ccccc3)C(=O)N3C[C@@H](O)[C@@H](O)C3)[nH]c12. The van der Waals surface area contributed by atoms with E-state index in [-0.39, 0.29) is 31.4 Å². The number of benzene rings is 1. The highest BCUT2D eigenvalue weighted by Crippen LogP contribution is 2.34. The fraction of sp³-hybridized carbons (Fsp3) is 0.364. The monoisotopic (exact) mass is 461 g/mol. The smallest absolute Gasteiger partial charge is 0.267 e. The van der Waals surface area contributed by atoms with Crippen LogP contribution in [0.3, 0.4) is 0 Å². The largest absolute Gasteiger partial charge is 0.388 e. The van der Waals surface area contributed by atoms with Gasteiger partial charge in [0, 0.05) is 25.2 Å². The van der Waals surface area contributed by atoms with Gasteiger partial charge in [0.2, 0.25) is 5.91 Å². The molecule has 1 aromatic carbocycles. The highest BCUT2D eigenvalue weighted by Gasteiger charge is 2.35. The Labute approximate surface area is 188 Å². The molecule has 4 N–H and O–H groups in total. The van der Waals surface area contributed by atoms with Crippen molar-refractivity contribution >= 4 is 45.0 Å². The van der Waals surface area contributed by atoms with Crippen LogP contribution in [0.2, 0.25) is 4.34 Å². The summed E-state index contributed by atoms with van der Waals surface area (Å²) in [6.45, 7) is 2.22. The Kier molecular flexibility index (Phi) is 6.34. The van der Waals surface area contributed by atoms with Crippen molar-refractivity contribution in [1.29, 1.82) is 0 Å². The number of fused-ring (bicyclic) bond motifs is 1. The molecule has 0 bridgehead atoms. The van der Waals surface area contributed by atoms with E-state index in [9.17, 15) is 19.8 Å². The number of H-pyrrole nitrogens is 1. The highest BCUT2D eigenvalue weighted by atomic mass is 35.5. The molecule has 2 aromatic heterocycles. The molecule has 1 aliphatic rings. The lowest BCUT2D eigenvalue weighted by Crippen LogP contribution is -2.42. The minimum absolute atomic E-state index is 0.0895. The summed E-state index contributed by atoms with van der Waals surface area (Å²) in [5.41, 5.74) is 3.14. The van der Waals surface area contributed by atoms with E-state index >= 15 is 0 Å². The number of aliphatic hydroxyl groups excluding tert-OH is 2. The lowest BCUT2D eigenvalue weighted by Gasteiger charge is -2.23. The second kappa shape index (κ2) is 9.00. The maximum absolute atomic E-state index is 13.1. The number of likely N-dealkylation sites (tertiary alicyclic amines) is 1. The molecule has 1 fully saturated rings. The molecule has 0 radical (unpaired) electrons. The van der Waals surface area contributed by atoms with Gasteiger partial charge in [0.15, 0.2) is 0 Å². The third kappa shape index (κ3) is 4.62. The summed E-state index contributed by atoms with van der Waals surface area (Å²) in [6.07, 6.45) is -1.45. The molecule has 3 heterocycles. The number of carbonyl (C=O) groups is 2. The predicted octanol–water partition coefficient (Wildman–Crippen LogP) is 2.34. The third-order valence-corrected chi connectivity index (χ3v) is 7.19. The number of aryl methyl sites for hydroxylation is 1. The molecule has 0 aliphatic carbocycles. The van der Waals surface area contributed by atoms with Crippen LogP contribution in [0.15, 0.2) is 36.4 Å². The third-order valence-electron chi connectivity index (χ3n) is 5.65. The molecule has 1 aliphatic heterocycles. The van der Waals surface area contributed by atoms with Crippen LogP contribution in [0.5, 0.6) is 0 Å². The Bertz CT molecular complexity index is 1090. The number of halogens is 1. The van der Waals surface area contributed by atoms with E-state index < -0.39 is 18.1 Å². The van der Waals surface area contributed by atoms with Crippen LogP contribution in [0.25, 0.3) is 10.2 Å². The summed E-state index contributed by atoms with van der Waals surface area (Å²) < 4.78 is 1.60. The van der Waals surface area contributed by atoms with Crippen molar-refractivity contribution in [3.05, 3.63) is 57.6 Å². The molecule has 1 saturated heterocycles. The number of aromatic nitrogens is 1. The number of nitrogens with one attached hydrogen (secondary N) is 2. The number of amides is 2. The first-order chi connectivity index (χ1) is 14.8. The molecule has 0 saturated carbocycles. The predicted molar refractivity (Wildman–Crippen MR) is 120 cm³/mol. The van der Waals surface area contributed by atoms with Gasteiger partial charge < -0.3 is 25.4 Å². The molecule has 3 atom stereocenters. The van der Waals surface area contributed by atoms with Crippen molar-refractivity contribution in [3.8, 4) is 0 Å². The zero-order valence-electron chi connectivity index (χ0n) is 17.0. The minimum Gasteiger partial charge on any atom is -0.388 e. The molecule has 4 rings (SSSR count). The van der Waals surface area contributed by atoms with E-state index in [1.165, 1.54) is 16.2 Å². The van der Waals surface area contributed by atoms with Gasteiger partial charge in [0.1, 0.15) is 5.69 Å². The normalized spacial score (nSPS) is 19.7. The lowest BCUT2D eigenvalue weighted by atomic mass is 9.97. The minimum atomic E-state index is -0.946. The number of hydrogen-bond acceptors (Lipinski definition) is 5. The second-order valence-electron chi connectivity index (χ2n) is 7.90. The van der Waals surface area contributed by atoms with Gasteiger partial charge >= 0.3 is 0 Å². The molecule has 0 unspecified atom stereocenters. The molecule has 0 spiro atoms. The van der Waals surface area contributed by atoms with Crippen molar-refractivity contribution in [2.75, 3.05) is 19.6 Å². The van der Waals surface area contributed by atoms with E-state index in [2.05, 4.69) is 10.3 Å². The van der Waals surface area contributed by atoms with E-state index in [0.29, 0.717) is 16.5 Å². The van der Waals surface area contributed by atoms with Crippen LogP contribution >= 0.6 is 22.9 Å². The average molecular weight is 462 g/mol. The Hall–Kier alpha value is -2.39. The molecule has 9 heteroatoms.